The Morgan fingerprint density at radius 2 is 1.50 bits per heavy atom. The van der Waals surface area contributed by atoms with Gasteiger partial charge in [-0.2, -0.15) is 0 Å². The molecule has 0 aliphatic heterocycles. The average Bonchev–Trinajstić information content (AvgIpc) is 0.811. The molecule has 0 rings (SSSR count). The van der Waals surface area contributed by atoms with E-state index in [1.165, 1.54) is 0 Å². The monoisotopic (exact) mass is 100.0 g/mol. The molecular formula is CH4FeN2. The minimum absolute atomic E-state index is 0.167. The van der Waals surface area contributed by atoms with E-state index in [0.29, 0.717) is 0 Å². The molecule has 26 valence electrons. The number of nitrogens with two attached hydrogens (primary N) is 2. The van der Waals surface area contributed by atoms with Crippen molar-refractivity contribution in [3.63, 3.8) is 0 Å². The van der Waals surface area contributed by atoms with Crippen LogP contribution in [0.1, 0.15) is 0 Å². The van der Waals surface area contributed by atoms with Gasteiger partial charge >= 0.3 is 31.7 Å². The Kier molecular flexibility index (Phi) is 1.74. The van der Waals surface area contributed by atoms with Crippen LogP contribution in [-0.2, 0) is 15.6 Å². The SMILES string of the molecule is N[C](N)=[Fe]. The van der Waals surface area contributed by atoms with Crippen molar-refractivity contribution in [2.24, 2.45) is 11.5 Å². The molecule has 0 spiro atoms. The number of rotatable bonds is 0. The first-order valence-corrected chi connectivity index (χ1v) is 1.31. The maximum atomic E-state index is 4.69. The van der Waals surface area contributed by atoms with E-state index in [-0.39, 0.29) is 4.67 Å². The normalized spacial score (nSPS) is 6.75. The first kappa shape index (κ1) is 4.31. The molecule has 0 aliphatic rings. The maximum absolute atomic E-state index is 4.69. The van der Waals surface area contributed by atoms with Crippen LogP contribution >= 0.6 is 0 Å². The van der Waals surface area contributed by atoms with Gasteiger partial charge in [0.15, 0.2) is 0 Å². The molecule has 0 amide bonds. The standard InChI is InChI=1S/CH4N2.Fe/c2-1-3;/h2-3H2;. The molecule has 2 nitrogen and oxygen atoms in total. The summed E-state index contributed by atoms with van der Waals surface area (Å²) >= 11 is 3.11. The van der Waals surface area contributed by atoms with E-state index in [1.54, 1.807) is 0 Å². The van der Waals surface area contributed by atoms with Crippen LogP contribution in [0.5, 0.6) is 0 Å². The van der Waals surface area contributed by atoms with E-state index >= 15 is 0 Å². The topological polar surface area (TPSA) is 52.0 Å². The summed E-state index contributed by atoms with van der Waals surface area (Å²) in [6.07, 6.45) is 0. The molecule has 4 heavy (non-hydrogen) atoms. The van der Waals surface area contributed by atoms with Gasteiger partial charge in [-0.25, -0.2) is 0 Å². The van der Waals surface area contributed by atoms with Crippen LogP contribution in [0.2, 0.25) is 0 Å². The van der Waals surface area contributed by atoms with E-state index in [9.17, 15) is 0 Å². The third-order valence-corrected chi connectivity index (χ3v) is 0. The molecule has 3 heteroatoms. The summed E-state index contributed by atoms with van der Waals surface area (Å²) in [5, 5.41) is 0. The van der Waals surface area contributed by atoms with Crippen molar-refractivity contribution < 1.29 is 15.6 Å². The van der Waals surface area contributed by atoms with Gasteiger partial charge in [-0.15, -0.1) is 0 Å². The second kappa shape index (κ2) is 1.61. The van der Waals surface area contributed by atoms with Crippen LogP contribution in [0.4, 0.5) is 0 Å². The van der Waals surface area contributed by atoms with Crippen LogP contribution in [0, 0.1) is 0 Å². The molecule has 0 saturated heterocycles. The van der Waals surface area contributed by atoms with Gasteiger partial charge in [0.2, 0.25) is 0 Å². The van der Waals surface area contributed by atoms with E-state index in [1.807, 2.05) is 0 Å². The second-order valence-electron chi connectivity index (χ2n) is 0.371. The third-order valence-electron chi connectivity index (χ3n) is 0. The van der Waals surface area contributed by atoms with Crippen molar-refractivity contribution in [2.75, 3.05) is 0 Å². The van der Waals surface area contributed by atoms with Crippen molar-refractivity contribution in [1.29, 1.82) is 0 Å². The molecule has 0 aromatic rings. The van der Waals surface area contributed by atoms with Crippen molar-refractivity contribution in [3.8, 4) is 0 Å². The Bertz CT molecular complexity index is 29.0. The van der Waals surface area contributed by atoms with Gasteiger partial charge in [0, 0.05) is 0 Å². The molecule has 0 heterocycles. The summed E-state index contributed by atoms with van der Waals surface area (Å²) < 4.78 is 0.167. The van der Waals surface area contributed by atoms with E-state index < -0.39 is 0 Å². The van der Waals surface area contributed by atoms with Crippen LogP contribution in [-0.4, -0.2) is 4.67 Å². The quantitative estimate of drug-likeness (QED) is 0.365. The van der Waals surface area contributed by atoms with Crippen molar-refractivity contribution in [3.05, 3.63) is 0 Å². The van der Waals surface area contributed by atoms with Gasteiger partial charge in [0.05, 0.1) is 0 Å². The summed E-state index contributed by atoms with van der Waals surface area (Å²) in [5.41, 5.74) is 9.39. The van der Waals surface area contributed by atoms with Crippen LogP contribution in [0.3, 0.4) is 0 Å². The molecule has 0 bridgehead atoms. The molecule has 0 fully saturated rings. The Morgan fingerprint density at radius 3 is 1.50 bits per heavy atom. The summed E-state index contributed by atoms with van der Waals surface area (Å²) in [7, 11) is 0. The van der Waals surface area contributed by atoms with Crippen molar-refractivity contribution in [1.82, 2.24) is 0 Å². The van der Waals surface area contributed by atoms with Gasteiger partial charge in [-0.3, -0.25) is 0 Å². The summed E-state index contributed by atoms with van der Waals surface area (Å²) in [6, 6.07) is 0. The molecular weight excluding hydrogens is 95.9 g/mol. The van der Waals surface area contributed by atoms with E-state index in [4.69, 9.17) is 11.5 Å². The summed E-state index contributed by atoms with van der Waals surface area (Å²) in [5.74, 6) is 0. The molecule has 0 saturated carbocycles. The predicted octanol–water partition coefficient (Wildman–Crippen LogP) is -1.46. The third kappa shape index (κ3) is 41.3. The zero-order valence-electron chi connectivity index (χ0n) is 2.01. The fourth-order valence-corrected chi connectivity index (χ4v) is 0. The van der Waals surface area contributed by atoms with Gasteiger partial charge in [0.1, 0.15) is 0 Å². The van der Waals surface area contributed by atoms with Crippen molar-refractivity contribution in [2.45, 2.75) is 0 Å². The first-order valence-electron chi connectivity index (χ1n) is 0.754. The second-order valence-corrected chi connectivity index (χ2v) is 1.01. The molecule has 0 atom stereocenters. The van der Waals surface area contributed by atoms with Crippen LogP contribution in [0.15, 0.2) is 0 Å². The Balaban J connectivity index is 2.80. The Morgan fingerprint density at radius 1 is 1.50 bits per heavy atom. The first-order chi connectivity index (χ1) is 1.73. The fourth-order valence-electron chi connectivity index (χ4n) is 0. The average molecular weight is 99.9 g/mol. The minimum atomic E-state index is 0.167. The van der Waals surface area contributed by atoms with Gasteiger partial charge in [-0.1, -0.05) is 0 Å². The van der Waals surface area contributed by atoms with Crippen LogP contribution in [0.25, 0.3) is 0 Å². The molecule has 0 unspecified atom stereocenters. The molecule has 0 aliphatic carbocycles. The number of hydrogen-bond donors (Lipinski definition) is 2. The number of hydrogen-bond acceptors (Lipinski definition) is 2. The molecule has 0 radical (unpaired) electrons. The fraction of sp³-hybridized carbons (Fsp3) is 0. The zero-order valence-corrected chi connectivity index (χ0v) is 3.11. The van der Waals surface area contributed by atoms with Gasteiger partial charge in [-0.05, 0) is 0 Å². The molecule has 4 N–H and O–H groups in total. The summed E-state index contributed by atoms with van der Waals surface area (Å²) in [4.78, 5) is 0. The zero-order chi connectivity index (χ0) is 3.58. The Labute approximate surface area is 32.5 Å². The van der Waals surface area contributed by atoms with E-state index in [0.717, 1.165) is 0 Å². The Hall–Kier alpha value is 0.309. The van der Waals surface area contributed by atoms with Crippen molar-refractivity contribution >= 4 is 4.67 Å². The van der Waals surface area contributed by atoms with E-state index in [2.05, 4.69) is 15.6 Å². The molecule has 0 aromatic heterocycles. The summed E-state index contributed by atoms with van der Waals surface area (Å²) in [6.45, 7) is 0. The van der Waals surface area contributed by atoms with Crippen LogP contribution < -0.4 is 11.5 Å². The molecule has 0 aromatic carbocycles. The van der Waals surface area contributed by atoms with Gasteiger partial charge in [0.25, 0.3) is 0 Å². The predicted molar refractivity (Wildman–Crippen MR) is 13.4 cm³/mol. The van der Waals surface area contributed by atoms with Gasteiger partial charge < -0.3 is 0 Å².